The molecule has 3 unspecified atom stereocenters. The molecule has 36 heavy (non-hydrogen) atoms. The van der Waals surface area contributed by atoms with E-state index in [0.717, 1.165) is 5.56 Å². The summed E-state index contributed by atoms with van der Waals surface area (Å²) in [7, 11) is 6.10. The Hall–Kier alpha value is -3.33. The fourth-order valence-electron chi connectivity index (χ4n) is 4.88. The van der Waals surface area contributed by atoms with Crippen molar-refractivity contribution in [2.24, 2.45) is 11.8 Å². The first-order valence-electron chi connectivity index (χ1n) is 11.9. The van der Waals surface area contributed by atoms with E-state index in [1.807, 2.05) is 13.0 Å². The summed E-state index contributed by atoms with van der Waals surface area (Å²) >= 11 is 0. The highest BCUT2D eigenvalue weighted by molar-refractivity contribution is 5.89. The lowest BCUT2D eigenvalue weighted by Crippen LogP contribution is -2.44. The molecular weight excluding hydrogens is 468 g/mol. The van der Waals surface area contributed by atoms with Crippen LogP contribution < -0.4 is 28.4 Å². The summed E-state index contributed by atoms with van der Waals surface area (Å²) in [6.07, 6.45) is -0.614. The molecule has 3 atom stereocenters. The molecule has 1 N–H and O–H groups in total. The zero-order chi connectivity index (χ0) is 26.4. The average molecular weight is 503 g/mol. The highest BCUT2D eigenvalue weighted by atomic mass is 16.7. The maximum atomic E-state index is 12.9. The number of rotatable bonds is 6. The number of hydrogen-bond acceptors (Lipinski definition) is 9. The number of ether oxygens (including phenoxy) is 7. The van der Waals surface area contributed by atoms with Gasteiger partial charge in [-0.1, -0.05) is 20.8 Å². The van der Waals surface area contributed by atoms with Crippen molar-refractivity contribution in [3.8, 4) is 45.6 Å². The first kappa shape index (κ1) is 25.8. The second-order valence-electron chi connectivity index (χ2n) is 9.59. The molecule has 0 saturated carbocycles. The molecule has 0 fully saturated rings. The molecule has 0 spiro atoms. The third kappa shape index (κ3) is 3.95. The molecule has 1 aliphatic carbocycles. The Bertz CT molecular complexity index is 1170. The van der Waals surface area contributed by atoms with Gasteiger partial charge in [-0.05, 0) is 37.0 Å². The van der Waals surface area contributed by atoms with E-state index >= 15 is 0 Å². The minimum absolute atomic E-state index is 0.0619. The van der Waals surface area contributed by atoms with Crippen molar-refractivity contribution >= 4 is 5.97 Å². The van der Waals surface area contributed by atoms with Gasteiger partial charge in [0, 0.05) is 16.7 Å². The molecule has 9 heteroatoms. The Kier molecular flexibility index (Phi) is 6.88. The number of methoxy groups -OCH3 is 4. The first-order chi connectivity index (χ1) is 17.1. The average Bonchev–Trinajstić information content (AvgIpc) is 3.32. The Morgan fingerprint density at radius 1 is 1.00 bits per heavy atom. The van der Waals surface area contributed by atoms with Gasteiger partial charge in [0.25, 0.3) is 0 Å². The fourth-order valence-corrected chi connectivity index (χ4v) is 4.88. The van der Waals surface area contributed by atoms with Gasteiger partial charge in [0.2, 0.25) is 18.3 Å². The van der Waals surface area contributed by atoms with E-state index in [2.05, 4.69) is 0 Å². The number of hydrogen-bond donors (Lipinski definition) is 1. The summed E-state index contributed by atoms with van der Waals surface area (Å²) in [5.74, 6) is 1.37. The summed E-state index contributed by atoms with van der Waals surface area (Å²) in [4.78, 5) is 12.9. The molecule has 196 valence electrons. The maximum Gasteiger partial charge on any atom is 0.309 e. The van der Waals surface area contributed by atoms with Crippen LogP contribution in [0.4, 0.5) is 0 Å². The Morgan fingerprint density at radius 2 is 1.67 bits per heavy atom. The highest BCUT2D eigenvalue weighted by Crippen LogP contribution is 2.59. The minimum atomic E-state index is -1.45. The smallest absolute Gasteiger partial charge is 0.309 e. The molecule has 0 radical (unpaired) electrons. The summed E-state index contributed by atoms with van der Waals surface area (Å²) < 4.78 is 40.5. The monoisotopic (exact) mass is 502 g/mol. The van der Waals surface area contributed by atoms with Gasteiger partial charge in [-0.15, -0.1) is 0 Å². The molecule has 0 bridgehead atoms. The summed E-state index contributed by atoms with van der Waals surface area (Å²) in [6.45, 7) is 7.15. The van der Waals surface area contributed by atoms with Crippen molar-refractivity contribution in [2.75, 3.05) is 35.2 Å². The second kappa shape index (κ2) is 9.61. The van der Waals surface area contributed by atoms with Crippen LogP contribution in [0.2, 0.25) is 0 Å². The number of aliphatic hydroxyl groups is 1. The molecule has 2 aliphatic rings. The van der Waals surface area contributed by atoms with Crippen LogP contribution in [0.25, 0.3) is 11.1 Å². The van der Waals surface area contributed by atoms with Gasteiger partial charge in [0.15, 0.2) is 29.1 Å². The van der Waals surface area contributed by atoms with Gasteiger partial charge in [-0.25, -0.2) is 0 Å². The Morgan fingerprint density at radius 3 is 2.25 bits per heavy atom. The maximum absolute atomic E-state index is 12.9. The van der Waals surface area contributed by atoms with E-state index < -0.39 is 23.6 Å². The molecule has 2 aromatic carbocycles. The van der Waals surface area contributed by atoms with Gasteiger partial charge < -0.3 is 38.3 Å². The number of fused-ring (bicyclic) bond motifs is 4. The number of carbonyl (C=O) groups is 1. The zero-order valence-corrected chi connectivity index (χ0v) is 22.0. The van der Waals surface area contributed by atoms with Crippen LogP contribution >= 0.6 is 0 Å². The third-order valence-corrected chi connectivity index (χ3v) is 7.06. The zero-order valence-electron chi connectivity index (χ0n) is 22.0. The van der Waals surface area contributed by atoms with Crippen molar-refractivity contribution in [3.63, 3.8) is 0 Å². The standard InChI is InChI=1S/C27H34O9/c1-13(2)26(28)36-25-16-11-17(30-5)21(31-6)24(33-8)20(16)19-15(9-14(3)27(25,4)29)10-18-22(23(19)32-7)35-12-34-18/h10-11,13-14,25,29H,9,12H2,1-8H3. The topological polar surface area (TPSA) is 102 Å². The molecule has 1 aliphatic heterocycles. The largest absolute Gasteiger partial charge is 0.493 e. The van der Waals surface area contributed by atoms with Gasteiger partial charge in [0.05, 0.1) is 34.4 Å². The van der Waals surface area contributed by atoms with E-state index in [9.17, 15) is 9.90 Å². The van der Waals surface area contributed by atoms with Gasteiger partial charge >= 0.3 is 5.97 Å². The Balaban J connectivity index is 2.17. The Labute approximate surface area is 211 Å². The quantitative estimate of drug-likeness (QED) is 0.579. The van der Waals surface area contributed by atoms with E-state index in [1.54, 1.807) is 33.9 Å². The normalized spacial score (nSPS) is 22.2. The van der Waals surface area contributed by atoms with Crippen LogP contribution in [-0.4, -0.2) is 51.9 Å². The molecule has 4 rings (SSSR count). The summed E-state index contributed by atoms with van der Waals surface area (Å²) in [5, 5.41) is 11.9. The number of benzene rings is 2. The van der Waals surface area contributed by atoms with Crippen LogP contribution in [0.3, 0.4) is 0 Å². The first-order valence-corrected chi connectivity index (χ1v) is 11.9. The lowest BCUT2D eigenvalue weighted by molar-refractivity contribution is -0.174. The van der Waals surface area contributed by atoms with Crippen molar-refractivity contribution in [2.45, 2.75) is 45.8 Å². The van der Waals surface area contributed by atoms with E-state index in [1.165, 1.54) is 21.3 Å². The minimum Gasteiger partial charge on any atom is -0.493 e. The fraction of sp³-hybridized carbons (Fsp3) is 0.519. The molecule has 0 saturated heterocycles. The molecule has 0 aromatic heterocycles. The van der Waals surface area contributed by atoms with Gasteiger partial charge in [0.1, 0.15) is 5.60 Å². The van der Waals surface area contributed by atoms with Crippen molar-refractivity contribution in [1.82, 2.24) is 0 Å². The molecule has 9 nitrogen and oxygen atoms in total. The van der Waals surface area contributed by atoms with Crippen LogP contribution in [-0.2, 0) is 16.0 Å². The van der Waals surface area contributed by atoms with Crippen LogP contribution in [0.1, 0.15) is 44.9 Å². The lowest BCUT2D eigenvalue weighted by atomic mass is 9.73. The van der Waals surface area contributed by atoms with E-state index in [4.69, 9.17) is 33.2 Å². The highest BCUT2D eigenvalue weighted by Gasteiger charge is 2.47. The number of esters is 1. The predicted molar refractivity (Wildman–Crippen MR) is 131 cm³/mol. The SMILES string of the molecule is COc1cc2c(c(OC)c1OC)-c1c(cc3c(c1OC)OCO3)CC(C)C(C)(O)C2OC(=O)C(C)C. The molecular formula is C27H34O9. The van der Waals surface area contributed by atoms with E-state index in [-0.39, 0.29) is 12.7 Å². The third-order valence-electron chi connectivity index (χ3n) is 7.06. The van der Waals surface area contributed by atoms with Crippen LogP contribution in [0.15, 0.2) is 12.1 Å². The summed E-state index contributed by atoms with van der Waals surface area (Å²) in [6, 6.07) is 3.61. The summed E-state index contributed by atoms with van der Waals surface area (Å²) in [5.41, 5.74) is 1.12. The molecule has 0 amide bonds. The predicted octanol–water partition coefficient (Wildman–Crippen LogP) is 4.30. The van der Waals surface area contributed by atoms with Gasteiger partial charge in [-0.2, -0.15) is 0 Å². The van der Waals surface area contributed by atoms with Crippen molar-refractivity contribution in [3.05, 3.63) is 23.3 Å². The van der Waals surface area contributed by atoms with Crippen LogP contribution in [0, 0.1) is 11.8 Å². The van der Waals surface area contributed by atoms with E-state index in [0.29, 0.717) is 57.6 Å². The van der Waals surface area contributed by atoms with Crippen molar-refractivity contribution < 1.29 is 43.1 Å². The van der Waals surface area contributed by atoms with Crippen LogP contribution in [0.5, 0.6) is 34.5 Å². The molecule has 2 aromatic rings. The lowest BCUT2D eigenvalue weighted by Gasteiger charge is -2.41. The molecule has 1 heterocycles. The second-order valence-corrected chi connectivity index (χ2v) is 9.59. The van der Waals surface area contributed by atoms with Gasteiger partial charge in [-0.3, -0.25) is 4.79 Å². The number of carbonyl (C=O) groups excluding carboxylic acids is 1. The van der Waals surface area contributed by atoms with Crippen molar-refractivity contribution in [1.29, 1.82) is 0 Å².